The summed E-state index contributed by atoms with van der Waals surface area (Å²) in [7, 11) is 0. The summed E-state index contributed by atoms with van der Waals surface area (Å²) in [5, 5.41) is 0. The van der Waals surface area contributed by atoms with E-state index in [4.69, 9.17) is 9.47 Å². The Morgan fingerprint density at radius 3 is 1.59 bits per heavy atom. The van der Waals surface area contributed by atoms with Gasteiger partial charge in [0.25, 0.3) is 0 Å². The number of unbranched alkanes of at least 4 members (excludes halogenated alkanes) is 7. The second kappa shape index (κ2) is 19.9. The fourth-order valence-corrected chi connectivity index (χ4v) is 1.74. The summed E-state index contributed by atoms with van der Waals surface area (Å²) in [5.74, 6) is -0.248. The highest BCUT2D eigenvalue weighted by molar-refractivity contribution is 5.68. The Morgan fingerprint density at radius 2 is 1.14 bits per heavy atom. The monoisotopic (exact) mass is 316 g/mol. The first-order valence-electron chi connectivity index (χ1n) is 8.87. The quantitative estimate of drug-likeness (QED) is 0.374. The minimum Gasteiger partial charge on any atom is -0.466 e. The summed E-state index contributed by atoms with van der Waals surface area (Å²) >= 11 is 0. The Kier molecular flexibility index (Phi) is 21.0. The molecule has 4 heteroatoms. The van der Waals surface area contributed by atoms with Crippen LogP contribution in [0.3, 0.4) is 0 Å². The zero-order valence-corrected chi connectivity index (χ0v) is 15.1. The highest BCUT2D eigenvalue weighted by Crippen LogP contribution is 2.02. The topological polar surface area (TPSA) is 52.6 Å². The first-order chi connectivity index (χ1) is 10.6. The van der Waals surface area contributed by atoms with Crippen LogP contribution in [0, 0.1) is 0 Å². The van der Waals surface area contributed by atoms with E-state index < -0.39 is 0 Å². The zero-order valence-electron chi connectivity index (χ0n) is 15.1. The second-order valence-corrected chi connectivity index (χ2v) is 5.39. The van der Waals surface area contributed by atoms with Gasteiger partial charge in [0.05, 0.1) is 13.2 Å². The molecule has 0 rings (SSSR count). The Labute approximate surface area is 136 Å². The summed E-state index contributed by atoms with van der Waals surface area (Å²) < 4.78 is 9.68. The third-order valence-electron chi connectivity index (χ3n) is 3.10. The lowest BCUT2D eigenvalue weighted by Gasteiger charge is -2.01. The van der Waals surface area contributed by atoms with Gasteiger partial charge in [-0.05, 0) is 12.8 Å². The lowest BCUT2D eigenvalue weighted by Crippen LogP contribution is -2.03. The molecular weight excluding hydrogens is 280 g/mol. The van der Waals surface area contributed by atoms with Gasteiger partial charge < -0.3 is 9.47 Å². The van der Waals surface area contributed by atoms with E-state index in [1.807, 2.05) is 6.92 Å². The molecule has 0 N–H and O–H groups in total. The van der Waals surface area contributed by atoms with Gasteiger partial charge in [0.1, 0.15) is 0 Å². The van der Waals surface area contributed by atoms with Gasteiger partial charge in [-0.15, -0.1) is 0 Å². The minimum absolute atomic E-state index is 0.0819. The van der Waals surface area contributed by atoms with Gasteiger partial charge in [-0.3, -0.25) is 9.59 Å². The summed E-state index contributed by atoms with van der Waals surface area (Å²) in [4.78, 5) is 20.9. The van der Waals surface area contributed by atoms with Crippen LogP contribution in [0.5, 0.6) is 0 Å². The molecule has 0 heterocycles. The third-order valence-corrected chi connectivity index (χ3v) is 3.10. The molecular formula is C18H36O4. The van der Waals surface area contributed by atoms with Gasteiger partial charge in [0, 0.05) is 13.3 Å². The molecule has 0 radical (unpaired) electrons. The summed E-state index contributed by atoms with van der Waals surface area (Å²) in [6.45, 7) is 8.82. The normalized spacial score (nSPS) is 9.64. The Morgan fingerprint density at radius 1 is 0.682 bits per heavy atom. The number of carbonyl (C=O) groups is 2. The van der Waals surface area contributed by atoms with Crippen LogP contribution in [0.1, 0.15) is 91.9 Å². The average Bonchev–Trinajstić information content (AvgIpc) is 2.50. The maximum absolute atomic E-state index is 10.6. The van der Waals surface area contributed by atoms with Crippen LogP contribution in [0.4, 0.5) is 0 Å². The molecule has 0 aromatic rings. The van der Waals surface area contributed by atoms with Crippen LogP contribution >= 0.6 is 0 Å². The zero-order chi connectivity index (χ0) is 17.1. The van der Waals surface area contributed by atoms with E-state index in [0.717, 1.165) is 12.8 Å². The SMILES string of the molecule is CCCCCCCOC(C)=O.CCCCCCOC(=O)CC. The van der Waals surface area contributed by atoms with Gasteiger partial charge in [0.2, 0.25) is 0 Å². The molecule has 0 unspecified atom stereocenters. The highest BCUT2D eigenvalue weighted by atomic mass is 16.5. The fourth-order valence-electron chi connectivity index (χ4n) is 1.74. The molecule has 0 saturated heterocycles. The molecule has 22 heavy (non-hydrogen) atoms. The van der Waals surface area contributed by atoms with Gasteiger partial charge in [-0.1, -0.05) is 65.7 Å². The molecule has 0 amide bonds. The van der Waals surface area contributed by atoms with Crippen LogP contribution in [-0.2, 0) is 19.1 Å². The summed E-state index contributed by atoms with van der Waals surface area (Å²) in [5.41, 5.74) is 0. The highest BCUT2D eigenvalue weighted by Gasteiger charge is 1.96. The molecule has 0 bridgehead atoms. The number of rotatable bonds is 12. The molecule has 0 aliphatic rings. The molecule has 0 aromatic heterocycles. The molecule has 0 saturated carbocycles. The van der Waals surface area contributed by atoms with E-state index in [1.54, 1.807) is 0 Å². The number of carbonyl (C=O) groups excluding carboxylic acids is 2. The van der Waals surface area contributed by atoms with Crippen LogP contribution < -0.4 is 0 Å². The van der Waals surface area contributed by atoms with Crippen molar-refractivity contribution in [3.05, 3.63) is 0 Å². The summed E-state index contributed by atoms with van der Waals surface area (Å²) in [6.07, 6.45) is 11.2. The van der Waals surface area contributed by atoms with Crippen molar-refractivity contribution in [2.24, 2.45) is 0 Å². The first-order valence-corrected chi connectivity index (χ1v) is 8.87. The second-order valence-electron chi connectivity index (χ2n) is 5.39. The number of ether oxygens (including phenoxy) is 2. The van der Waals surface area contributed by atoms with Crippen molar-refractivity contribution in [2.75, 3.05) is 13.2 Å². The lowest BCUT2D eigenvalue weighted by molar-refractivity contribution is -0.143. The largest absolute Gasteiger partial charge is 0.466 e. The maximum Gasteiger partial charge on any atom is 0.305 e. The van der Waals surface area contributed by atoms with E-state index in [9.17, 15) is 9.59 Å². The van der Waals surface area contributed by atoms with Crippen molar-refractivity contribution >= 4 is 11.9 Å². The maximum atomic E-state index is 10.6. The molecule has 132 valence electrons. The number of esters is 2. The van der Waals surface area contributed by atoms with Crippen molar-refractivity contribution in [3.63, 3.8) is 0 Å². The van der Waals surface area contributed by atoms with Crippen molar-refractivity contribution in [3.8, 4) is 0 Å². The number of hydrogen-bond acceptors (Lipinski definition) is 4. The van der Waals surface area contributed by atoms with Crippen LogP contribution in [-0.4, -0.2) is 25.2 Å². The third kappa shape index (κ3) is 24.0. The summed E-state index contributed by atoms with van der Waals surface area (Å²) in [6, 6.07) is 0. The Balaban J connectivity index is 0. The van der Waals surface area contributed by atoms with Gasteiger partial charge in [-0.2, -0.15) is 0 Å². The predicted octanol–water partition coefficient (Wildman–Crippen LogP) is 5.04. The van der Waals surface area contributed by atoms with Crippen molar-refractivity contribution in [1.29, 1.82) is 0 Å². The molecule has 0 spiro atoms. The molecule has 0 aliphatic carbocycles. The van der Waals surface area contributed by atoms with E-state index in [-0.39, 0.29) is 11.9 Å². The van der Waals surface area contributed by atoms with Crippen molar-refractivity contribution in [1.82, 2.24) is 0 Å². The van der Waals surface area contributed by atoms with E-state index in [2.05, 4.69) is 13.8 Å². The molecule has 0 fully saturated rings. The Hall–Kier alpha value is -1.06. The smallest absolute Gasteiger partial charge is 0.305 e. The van der Waals surface area contributed by atoms with E-state index in [0.29, 0.717) is 19.6 Å². The standard InChI is InChI=1S/2C9H18O2/c1-3-4-5-6-7-8-11-9(2)10;1-3-5-6-7-8-11-9(10)4-2/h2*3-8H2,1-2H3. The fraction of sp³-hybridized carbons (Fsp3) is 0.889. The van der Waals surface area contributed by atoms with Gasteiger partial charge in [0.15, 0.2) is 0 Å². The Bertz CT molecular complexity index is 251. The van der Waals surface area contributed by atoms with E-state index in [1.165, 1.54) is 51.9 Å². The van der Waals surface area contributed by atoms with Crippen LogP contribution in [0.2, 0.25) is 0 Å². The van der Waals surface area contributed by atoms with Gasteiger partial charge in [-0.25, -0.2) is 0 Å². The van der Waals surface area contributed by atoms with Crippen LogP contribution in [0.15, 0.2) is 0 Å². The lowest BCUT2D eigenvalue weighted by atomic mass is 10.2. The molecule has 0 atom stereocenters. The predicted molar refractivity (Wildman–Crippen MR) is 90.8 cm³/mol. The molecule has 0 aliphatic heterocycles. The minimum atomic E-state index is -0.166. The van der Waals surface area contributed by atoms with Crippen LogP contribution in [0.25, 0.3) is 0 Å². The van der Waals surface area contributed by atoms with E-state index >= 15 is 0 Å². The average molecular weight is 316 g/mol. The van der Waals surface area contributed by atoms with Crippen molar-refractivity contribution in [2.45, 2.75) is 91.9 Å². The van der Waals surface area contributed by atoms with Gasteiger partial charge >= 0.3 is 11.9 Å². The van der Waals surface area contributed by atoms with Crippen molar-refractivity contribution < 1.29 is 19.1 Å². The molecule has 0 aromatic carbocycles. The number of hydrogen-bond donors (Lipinski definition) is 0. The molecule has 4 nitrogen and oxygen atoms in total. The first kappa shape index (κ1) is 23.2.